The van der Waals surface area contributed by atoms with Crippen molar-refractivity contribution in [2.24, 2.45) is 0 Å². The van der Waals surface area contributed by atoms with Crippen LogP contribution in [0.5, 0.6) is 0 Å². The van der Waals surface area contributed by atoms with Gasteiger partial charge in [-0.25, -0.2) is 0 Å². The second-order valence-electron chi connectivity index (χ2n) is 2.51. The zero-order valence-corrected chi connectivity index (χ0v) is 10.1. The quantitative estimate of drug-likeness (QED) is 0.821. The summed E-state index contributed by atoms with van der Waals surface area (Å²) in [7, 11) is 1.86. The summed E-state index contributed by atoms with van der Waals surface area (Å²) >= 11 is 3.41. The molecule has 4 heteroatoms. The Kier molecular flexibility index (Phi) is 3.95. The van der Waals surface area contributed by atoms with Crippen molar-refractivity contribution in [3.8, 4) is 0 Å². The summed E-state index contributed by atoms with van der Waals surface area (Å²) in [5.74, 6) is 0.881. The van der Waals surface area contributed by atoms with E-state index in [1.165, 1.54) is 0 Å². The number of aromatic amines is 1. The van der Waals surface area contributed by atoms with E-state index in [0.29, 0.717) is 0 Å². The molecular formula is C10H14BrN3. The lowest BCUT2D eigenvalue weighted by Gasteiger charge is -1.94. The number of benzene rings is 1. The second kappa shape index (κ2) is 5.00. The molecule has 0 saturated heterocycles. The first-order valence-corrected chi connectivity index (χ1v) is 5.42. The summed E-state index contributed by atoms with van der Waals surface area (Å²) < 4.78 is 1.06. The van der Waals surface area contributed by atoms with E-state index >= 15 is 0 Å². The zero-order valence-electron chi connectivity index (χ0n) is 8.56. The van der Waals surface area contributed by atoms with Crippen molar-refractivity contribution in [2.75, 3.05) is 12.4 Å². The van der Waals surface area contributed by atoms with E-state index in [1.54, 1.807) is 0 Å². The third kappa shape index (κ3) is 2.07. The summed E-state index contributed by atoms with van der Waals surface area (Å²) in [6.07, 6.45) is 0. The minimum Gasteiger partial charge on any atom is -0.371 e. The van der Waals surface area contributed by atoms with Crippen molar-refractivity contribution in [2.45, 2.75) is 13.8 Å². The molecule has 2 aromatic rings. The van der Waals surface area contributed by atoms with E-state index in [4.69, 9.17) is 0 Å². The lowest BCUT2D eigenvalue weighted by Crippen LogP contribution is -1.87. The molecule has 1 aromatic carbocycles. The van der Waals surface area contributed by atoms with Crippen LogP contribution in [0.1, 0.15) is 13.8 Å². The summed E-state index contributed by atoms with van der Waals surface area (Å²) in [6.45, 7) is 4.00. The molecule has 0 aliphatic rings. The number of anilines is 1. The normalized spacial score (nSPS) is 9.43. The second-order valence-corrected chi connectivity index (χ2v) is 3.43. The number of hydrogen-bond acceptors (Lipinski definition) is 2. The van der Waals surface area contributed by atoms with Gasteiger partial charge in [0.05, 0.1) is 5.52 Å². The van der Waals surface area contributed by atoms with E-state index in [0.717, 1.165) is 21.2 Å². The molecule has 0 bridgehead atoms. The SMILES string of the molecule is CC.CNc1n[nH]c2ccc(Br)cc12. The third-order valence-electron chi connectivity index (χ3n) is 1.76. The first kappa shape index (κ1) is 11.0. The number of rotatable bonds is 1. The fraction of sp³-hybridized carbons (Fsp3) is 0.300. The third-order valence-corrected chi connectivity index (χ3v) is 2.25. The molecule has 1 aromatic heterocycles. The summed E-state index contributed by atoms with van der Waals surface area (Å²) in [4.78, 5) is 0. The molecule has 0 atom stereocenters. The standard InChI is InChI=1S/C8H8BrN3.C2H6/c1-10-8-6-4-5(9)2-3-7(6)11-12-8;1-2/h2-4H,1H3,(H2,10,11,12);1-2H3. The molecule has 2 rings (SSSR count). The van der Waals surface area contributed by atoms with Crippen LogP contribution >= 0.6 is 15.9 Å². The number of fused-ring (bicyclic) bond motifs is 1. The zero-order chi connectivity index (χ0) is 10.6. The number of hydrogen-bond donors (Lipinski definition) is 2. The van der Waals surface area contributed by atoms with Crippen LogP contribution in [0.2, 0.25) is 0 Å². The van der Waals surface area contributed by atoms with Gasteiger partial charge < -0.3 is 5.32 Å². The fourth-order valence-corrected chi connectivity index (χ4v) is 1.54. The predicted molar refractivity (Wildman–Crippen MR) is 64.7 cm³/mol. The van der Waals surface area contributed by atoms with Crippen molar-refractivity contribution in [1.29, 1.82) is 0 Å². The lowest BCUT2D eigenvalue weighted by atomic mass is 10.2. The van der Waals surface area contributed by atoms with Crippen LogP contribution in [-0.4, -0.2) is 17.2 Å². The van der Waals surface area contributed by atoms with E-state index in [9.17, 15) is 0 Å². The molecular weight excluding hydrogens is 242 g/mol. The molecule has 0 aliphatic heterocycles. The van der Waals surface area contributed by atoms with Gasteiger partial charge in [0.15, 0.2) is 5.82 Å². The maximum atomic E-state index is 4.10. The lowest BCUT2D eigenvalue weighted by molar-refractivity contribution is 1.11. The van der Waals surface area contributed by atoms with E-state index in [2.05, 4.69) is 31.4 Å². The Morgan fingerprint density at radius 2 is 2.07 bits per heavy atom. The average molecular weight is 256 g/mol. The van der Waals surface area contributed by atoms with Crippen LogP contribution in [0, 0.1) is 0 Å². The highest BCUT2D eigenvalue weighted by molar-refractivity contribution is 9.10. The molecule has 0 spiro atoms. The van der Waals surface area contributed by atoms with Gasteiger partial charge in [-0.05, 0) is 18.2 Å². The molecule has 0 amide bonds. The molecule has 1 heterocycles. The Bertz CT molecular complexity index is 409. The van der Waals surface area contributed by atoms with Crippen molar-refractivity contribution in [3.05, 3.63) is 22.7 Å². The number of halogens is 1. The van der Waals surface area contributed by atoms with Gasteiger partial charge in [-0.2, -0.15) is 5.10 Å². The van der Waals surface area contributed by atoms with Gasteiger partial charge >= 0.3 is 0 Å². The maximum Gasteiger partial charge on any atom is 0.155 e. The molecule has 3 nitrogen and oxygen atoms in total. The maximum absolute atomic E-state index is 4.10. The molecule has 0 saturated carbocycles. The average Bonchev–Trinajstić information content (AvgIpc) is 2.63. The molecule has 2 N–H and O–H groups in total. The van der Waals surface area contributed by atoms with Crippen molar-refractivity contribution < 1.29 is 0 Å². The Morgan fingerprint density at radius 3 is 2.71 bits per heavy atom. The van der Waals surface area contributed by atoms with Crippen LogP contribution in [0.3, 0.4) is 0 Å². The highest BCUT2D eigenvalue weighted by Crippen LogP contribution is 2.23. The smallest absolute Gasteiger partial charge is 0.155 e. The molecule has 76 valence electrons. The Balaban J connectivity index is 0.000000461. The largest absolute Gasteiger partial charge is 0.371 e. The van der Waals surface area contributed by atoms with Gasteiger partial charge in [-0.15, -0.1) is 0 Å². The van der Waals surface area contributed by atoms with Gasteiger partial charge in [0, 0.05) is 16.9 Å². The summed E-state index contributed by atoms with van der Waals surface area (Å²) in [6, 6.07) is 6.01. The van der Waals surface area contributed by atoms with Crippen LogP contribution in [0.15, 0.2) is 22.7 Å². The van der Waals surface area contributed by atoms with Crippen LogP contribution in [0.4, 0.5) is 5.82 Å². The topological polar surface area (TPSA) is 40.7 Å². The first-order chi connectivity index (χ1) is 6.81. The fourth-order valence-electron chi connectivity index (χ4n) is 1.18. The van der Waals surface area contributed by atoms with Crippen molar-refractivity contribution in [1.82, 2.24) is 10.2 Å². The minimum atomic E-state index is 0.881. The van der Waals surface area contributed by atoms with Crippen molar-refractivity contribution >= 4 is 32.7 Å². The molecule has 14 heavy (non-hydrogen) atoms. The first-order valence-electron chi connectivity index (χ1n) is 4.62. The Labute approximate surface area is 92.0 Å². The van der Waals surface area contributed by atoms with Gasteiger partial charge in [0.1, 0.15) is 0 Å². The summed E-state index contributed by atoms with van der Waals surface area (Å²) in [5.41, 5.74) is 1.04. The number of nitrogens with zero attached hydrogens (tertiary/aromatic N) is 1. The molecule has 0 radical (unpaired) electrons. The number of aromatic nitrogens is 2. The van der Waals surface area contributed by atoms with Gasteiger partial charge in [0.2, 0.25) is 0 Å². The highest BCUT2D eigenvalue weighted by Gasteiger charge is 2.02. The van der Waals surface area contributed by atoms with Gasteiger partial charge in [0.25, 0.3) is 0 Å². The van der Waals surface area contributed by atoms with E-state index in [1.807, 2.05) is 39.1 Å². The van der Waals surface area contributed by atoms with Crippen LogP contribution < -0.4 is 5.32 Å². The minimum absolute atomic E-state index is 0.881. The van der Waals surface area contributed by atoms with E-state index < -0.39 is 0 Å². The molecule has 0 unspecified atom stereocenters. The van der Waals surface area contributed by atoms with Crippen LogP contribution in [-0.2, 0) is 0 Å². The van der Waals surface area contributed by atoms with Gasteiger partial charge in [-0.1, -0.05) is 29.8 Å². The van der Waals surface area contributed by atoms with Crippen molar-refractivity contribution in [3.63, 3.8) is 0 Å². The van der Waals surface area contributed by atoms with Crippen LogP contribution in [0.25, 0.3) is 10.9 Å². The predicted octanol–water partition coefficient (Wildman–Crippen LogP) is 3.39. The monoisotopic (exact) mass is 255 g/mol. The number of nitrogens with one attached hydrogen (secondary N) is 2. The Hall–Kier alpha value is -1.03. The molecule has 0 fully saturated rings. The highest BCUT2D eigenvalue weighted by atomic mass is 79.9. The van der Waals surface area contributed by atoms with Gasteiger partial charge in [-0.3, -0.25) is 5.10 Å². The molecule has 0 aliphatic carbocycles. The number of H-pyrrole nitrogens is 1. The summed E-state index contributed by atoms with van der Waals surface area (Å²) in [5, 5.41) is 11.1. The van der Waals surface area contributed by atoms with E-state index in [-0.39, 0.29) is 0 Å². The Morgan fingerprint density at radius 1 is 1.36 bits per heavy atom.